The van der Waals surface area contributed by atoms with Gasteiger partial charge < -0.3 is 25.7 Å². The molecule has 8 nitrogen and oxygen atoms in total. The molecule has 2 aromatic rings. The number of hydrogen-bond donors (Lipinski definition) is 4. The van der Waals surface area contributed by atoms with Gasteiger partial charge in [-0.15, -0.1) is 13.2 Å². The van der Waals surface area contributed by atoms with Crippen LogP contribution in [0.15, 0.2) is 91.5 Å². The molecule has 0 saturated heterocycles. The number of H-pyrrole nitrogens is 1. The third-order valence-electron chi connectivity index (χ3n) is 4.60. The van der Waals surface area contributed by atoms with Crippen LogP contribution in [0.5, 0.6) is 0 Å². The summed E-state index contributed by atoms with van der Waals surface area (Å²) in [6, 6.07) is 3.21. The van der Waals surface area contributed by atoms with Gasteiger partial charge in [0.05, 0.1) is 19.0 Å². The van der Waals surface area contributed by atoms with Gasteiger partial charge in [0.1, 0.15) is 11.3 Å². The van der Waals surface area contributed by atoms with Crippen molar-refractivity contribution in [2.24, 2.45) is 0 Å². The number of esters is 1. The average Bonchev–Trinajstić information content (AvgIpc) is 3.28. The monoisotopic (exact) mass is 463 g/mol. The van der Waals surface area contributed by atoms with Crippen molar-refractivity contribution >= 4 is 28.7 Å². The number of carbonyl (C=O) groups excluding carboxylic acids is 2. The largest absolute Gasteiger partial charge is 0.464 e. The number of anilines is 1. The third-order valence-corrected chi connectivity index (χ3v) is 4.60. The van der Waals surface area contributed by atoms with Gasteiger partial charge in [0.2, 0.25) is 0 Å². The highest BCUT2D eigenvalue weighted by molar-refractivity contribution is 5.94. The van der Waals surface area contributed by atoms with Gasteiger partial charge in [0, 0.05) is 23.3 Å². The number of hydrogen-bond acceptors (Lipinski definition) is 5. The van der Waals surface area contributed by atoms with E-state index < -0.39 is 5.97 Å². The smallest absolute Gasteiger partial charge is 0.354 e. The van der Waals surface area contributed by atoms with Crippen LogP contribution >= 0.6 is 0 Å². The fourth-order valence-corrected chi connectivity index (χ4v) is 2.77. The van der Waals surface area contributed by atoms with Crippen LogP contribution in [0.4, 0.5) is 10.5 Å². The summed E-state index contributed by atoms with van der Waals surface area (Å²) in [5.41, 5.74) is 4.94. The predicted octanol–water partition coefficient (Wildman–Crippen LogP) is 5.36. The molecule has 0 unspecified atom stereocenters. The van der Waals surface area contributed by atoms with Crippen LogP contribution in [-0.4, -0.2) is 35.6 Å². The van der Waals surface area contributed by atoms with Crippen molar-refractivity contribution in [3.8, 4) is 0 Å². The quantitative estimate of drug-likeness (QED) is 0.227. The molecule has 0 spiro atoms. The number of methoxy groups -OCH3 is 1. The van der Waals surface area contributed by atoms with Crippen molar-refractivity contribution in [3.05, 3.63) is 97.2 Å². The molecule has 0 aliphatic carbocycles. The molecule has 0 fully saturated rings. The third kappa shape index (κ3) is 7.98. The molecule has 4 N–H and O–H groups in total. The highest BCUT2D eigenvalue weighted by Crippen LogP contribution is 2.19. The number of ether oxygens (including phenoxy) is 1. The number of urea groups is 1. The highest BCUT2D eigenvalue weighted by atomic mass is 16.5. The van der Waals surface area contributed by atoms with Gasteiger partial charge in [0.25, 0.3) is 0 Å². The minimum absolute atomic E-state index is 0.345. The minimum atomic E-state index is -0.447. The number of allylic oxidation sites excluding steroid dienone is 4. The first-order valence-corrected chi connectivity index (χ1v) is 10.5. The van der Waals surface area contributed by atoms with Crippen LogP contribution in [0.3, 0.4) is 0 Å². The molecule has 2 heterocycles. The van der Waals surface area contributed by atoms with E-state index in [1.807, 2.05) is 32.9 Å². The first kappa shape index (κ1) is 27.7. The van der Waals surface area contributed by atoms with Crippen molar-refractivity contribution in [2.45, 2.75) is 20.8 Å². The van der Waals surface area contributed by atoms with Gasteiger partial charge in [-0.2, -0.15) is 0 Å². The van der Waals surface area contributed by atoms with Crippen molar-refractivity contribution in [1.82, 2.24) is 20.6 Å². The van der Waals surface area contributed by atoms with E-state index in [0.717, 1.165) is 22.2 Å². The van der Waals surface area contributed by atoms with Gasteiger partial charge >= 0.3 is 12.0 Å². The Morgan fingerprint density at radius 1 is 1.12 bits per heavy atom. The maximum absolute atomic E-state index is 12.2. The maximum Gasteiger partial charge on any atom is 0.354 e. The Hall–Kier alpha value is -4.33. The number of nitrogens with one attached hydrogen (secondary N) is 4. The number of fused-ring (bicyclic) bond motifs is 1. The Morgan fingerprint density at radius 3 is 2.32 bits per heavy atom. The lowest BCUT2D eigenvalue weighted by atomic mass is 10.1. The van der Waals surface area contributed by atoms with E-state index in [4.69, 9.17) is 4.74 Å². The number of aromatic nitrogens is 2. The lowest BCUT2D eigenvalue weighted by Crippen LogP contribution is -2.33. The van der Waals surface area contributed by atoms with E-state index in [0.29, 0.717) is 29.3 Å². The molecular formula is C26H33N5O3. The van der Waals surface area contributed by atoms with Crippen LogP contribution in [0.1, 0.15) is 31.3 Å². The normalized spacial score (nSPS) is 10.9. The highest BCUT2D eigenvalue weighted by Gasteiger charge is 2.11. The molecule has 2 aromatic heterocycles. The number of carbonyl (C=O) groups is 2. The summed E-state index contributed by atoms with van der Waals surface area (Å²) in [6.07, 6.45) is 8.42. The summed E-state index contributed by atoms with van der Waals surface area (Å²) in [7, 11) is 1.33. The summed E-state index contributed by atoms with van der Waals surface area (Å²) in [4.78, 5) is 31.2. The van der Waals surface area contributed by atoms with Gasteiger partial charge in [-0.25, -0.2) is 14.6 Å². The Balaban J connectivity index is 0.00000281. The Kier molecular flexibility index (Phi) is 11.4. The Bertz CT molecular complexity index is 1130. The molecule has 0 saturated carbocycles. The zero-order chi connectivity index (χ0) is 25.7. The topological polar surface area (TPSA) is 108 Å². The zero-order valence-corrected chi connectivity index (χ0v) is 20.2. The molecule has 34 heavy (non-hydrogen) atoms. The van der Waals surface area contributed by atoms with Crippen molar-refractivity contribution in [1.29, 1.82) is 0 Å². The first-order chi connectivity index (χ1) is 16.3. The Labute approximate surface area is 200 Å². The second-order valence-electron chi connectivity index (χ2n) is 7.05. The second kappa shape index (κ2) is 13.9. The fourth-order valence-electron chi connectivity index (χ4n) is 2.77. The predicted molar refractivity (Wildman–Crippen MR) is 139 cm³/mol. The Morgan fingerprint density at radius 2 is 1.76 bits per heavy atom. The summed E-state index contributed by atoms with van der Waals surface area (Å²) in [6.45, 7) is 19.7. The van der Waals surface area contributed by atoms with Crippen LogP contribution in [-0.2, 0) is 4.74 Å². The summed E-state index contributed by atoms with van der Waals surface area (Å²) >= 11 is 0. The number of pyridine rings is 1. The van der Waals surface area contributed by atoms with Crippen LogP contribution in [0.25, 0.3) is 11.0 Å². The molecule has 0 atom stereocenters. The van der Waals surface area contributed by atoms with Crippen molar-refractivity contribution in [2.75, 3.05) is 19.0 Å². The fraction of sp³-hybridized carbons (Fsp3) is 0.192. The molecule has 8 heteroatoms. The lowest BCUT2D eigenvalue weighted by Gasteiger charge is -2.12. The molecule has 0 aromatic carbocycles. The summed E-state index contributed by atoms with van der Waals surface area (Å²) < 4.78 is 4.73. The molecule has 180 valence electrons. The number of amides is 2. The van der Waals surface area contributed by atoms with Crippen molar-refractivity contribution < 1.29 is 14.3 Å². The SMILES string of the molecule is C=C.C=C/C(=C\C)NC(=O)N/C(C=C)=C/C(CNc1cnc2[nH]c(C(=O)OC)cc2c1)=C(C)C. The molecule has 2 rings (SSSR count). The minimum Gasteiger partial charge on any atom is -0.464 e. The van der Waals surface area contributed by atoms with E-state index >= 15 is 0 Å². The van der Waals surface area contributed by atoms with Crippen LogP contribution in [0, 0.1) is 0 Å². The van der Waals surface area contributed by atoms with E-state index in [-0.39, 0.29) is 6.03 Å². The maximum atomic E-state index is 12.2. The first-order valence-electron chi connectivity index (χ1n) is 10.5. The molecule has 0 aliphatic heterocycles. The number of rotatable bonds is 9. The second-order valence-corrected chi connectivity index (χ2v) is 7.05. The van der Waals surface area contributed by atoms with E-state index in [1.165, 1.54) is 7.11 Å². The van der Waals surface area contributed by atoms with E-state index in [9.17, 15) is 9.59 Å². The van der Waals surface area contributed by atoms with E-state index in [2.05, 4.69) is 52.2 Å². The molecular weight excluding hydrogens is 430 g/mol. The number of aromatic amines is 1. The van der Waals surface area contributed by atoms with Gasteiger partial charge in [-0.3, -0.25) is 0 Å². The van der Waals surface area contributed by atoms with Gasteiger partial charge in [0.15, 0.2) is 0 Å². The summed E-state index contributed by atoms with van der Waals surface area (Å²) in [5.74, 6) is -0.447. The van der Waals surface area contributed by atoms with Gasteiger partial charge in [-0.1, -0.05) is 24.8 Å². The van der Waals surface area contributed by atoms with E-state index in [1.54, 1.807) is 30.5 Å². The molecule has 0 aliphatic rings. The average molecular weight is 464 g/mol. The molecule has 2 amide bonds. The summed E-state index contributed by atoms with van der Waals surface area (Å²) in [5, 5.41) is 9.59. The van der Waals surface area contributed by atoms with Crippen molar-refractivity contribution in [3.63, 3.8) is 0 Å². The molecule has 0 radical (unpaired) electrons. The van der Waals surface area contributed by atoms with Crippen LogP contribution < -0.4 is 16.0 Å². The lowest BCUT2D eigenvalue weighted by molar-refractivity contribution is 0.0595. The zero-order valence-electron chi connectivity index (χ0n) is 20.2. The van der Waals surface area contributed by atoms with Gasteiger partial charge in [-0.05, 0) is 56.7 Å². The van der Waals surface area contributed by atoms with Crippen LogP contribution in [0.2, 0.25) is 0 Å². The standard InChI is InChI=1S/C24H29N5O3.C2H4/c1-7-18(8-2)27-24(31)28-19(9-3)11-17(15(4)5)13-25-20-10-16-12-21(23(30)32-6)29-22(16)26-14-20;1-2/h7-12,14,25H,1,3,13H2,2,4-6H3,(H,26,29)(H2,27,28,31);1-2H2/b18-8+,19-11+;. The number of nitrogens with zero attached hydrogens (tertiary/aromatic N) is 1. The molecule has 0 bridgehead atoms.